The molecule has 1 aliphatic heterocycles. The van der Waals surface area contributed by atoms with Crippen LogP contribution in [0.3, 0.4) is 0 Å². The highest BCUT2D eigenvalue weighted by atomic mass is 35.5. The number of sulfonamides is 2. The summed E-state index contributed by atoms with van der Waals surface area (Å²) in [6.07, 6.45) is 1.91. The van der Waals surface area contributed by atoms with Gasteiger partial charge in [-0.05, 0) is 55.2 Å². The molecule has 0 radical (unpaired) electrons. The Kier molecular flexibility index (Phi) is 5.88. The largest absolute Gasteiger partial charge is 0.280 e. The van der Waals surface area contributed by atoms with Gasteiger partial charge in [0.2, 0.25) is 10.0 Å². The van der Waals surface area contributed by atoms with Crippen LogP contribution in [0.4, 0.5) is 15.8 Å². The average molecular weight is 447 g/mol. The van der Waals surface area contributed by atoms with Crippen LogP contribution in [-0.4, -0.2) is 29.1 Å². The molecule has 0 atom stereocenters. The van der Waals surface area contributed by atoms with Gasteiger partial charge in [0.1, 0.15) is 5.82 Å². The Morgan fingerprint density at radius 1 is 1.14 bits per heavy atom. The maximum atomic E-state index is 13.3. The second-order valence-corrected chi connectivity index (χ2v) is 10.6. The minimum atomic E-state index is -4.01. The minimum Gasteiger partial charge on any atom is -0.280 e. The van der Waals surface area contributed by atoms with Crippen molar-refractivity contribution in [1.29, 1.82) is 0 Å². The molecule has 1 heterocycles. The fourth-order valence-electron chi connectivity index (χ4n) is 3.12. The maximum absolute atomic E-state index is 13.3. The summed E-state index contributed by atoms with van der Waals surface area (Å²) in [7, 11) is -7.48. The van der Waals surface area contributed by atoms with Gasteiger partial charge in [-0.1, -0.05) is 24.6 Å². The van der Waals surface area contributed by atoms with E-state index < -0.39 is 25.9 Å². The first-order chi connectivity index (χ1) is 13.1. The van der Waals surface area contributed by atoms with Crippen molar-refractivity contribution >= 4 is 43.0 Å². The Hall–Kier alpha value is -1.84. The fraction of sp³-hybridized carbons (Fsp3) is 0.333. The Labute approximate surface area is 169 Å². The Bertz CT molecular complexity index is 1100. The van der Waals surface area contributed by atoms with E-state index in [-0.39, 0.29) is 21.4 Å². The summed E-state index contributed by atoms with van der Waals surface area (Å²) in [5.41, 5.74) is 1.55. The number of benzene rings is 2. The van der Waals surface area contributed by atoms with Gasteiger partial charge in [-0.2, -0.15) is 0 Å². The Morgan fingerprint density at radius 2 is 1.89 bits per heavy atom. The molecule has 0 bridgehead atoms. The predicted molar refractivity (Wildman–Crippen MR) is 108 cm³/mol. The van der Waals surface area contributed by atoms with E-state index in [9.17, 15) is 21.2 Å². The summed E-state index contributed by atoms with van der Waals surface area (Å²) in [6.45, 7) is 2.15. The summed E-state index contributed by atoms with van der Waals surface area (Å²) in [4.78, 5) is -0.188. The molecular formula is C18H20ClFN2O4S2. The fourth-order valence-corrected chi connectivity index (χ4v) is 6.05. The Morgan fingerprint density at radius 3 is 2.57 bits per heavy atom. The van der Waals surface area contributed by atoms with E-state index in [4.69, 9.17) is 11.6 Å². The topological polar surface area (TPSA) is 83.6 Å². The van der Waals surface area contributed by atoms with Gasteiger partial charge < -0.3 is 0 Å². The number of fused-ring (bicyclic) bond motifs is 1. The minimum absolute atomic E-state index is 0.0243. The number of hydrogen-bond acceptors (Lipinski definition) is 4. The molecule has 10 heteroatoms. The van der Waals surface area contributed by atoms with Crippen LogP contribution in [0, 0.1) is 5.82 Å². The lowest BCUT2D eigenvalue weighted by atomic mass is 10.0. The number of anilines is 2. The number of nitrogens with zero attached hydrogens (tertiary/aromatic N) is 1. The van der Waals surface area contributed by atoms with Gasteiger partial charge in [-0.25, -0.2) is 21.2 Å². The molecular weight excluding hydrogens is 427 g/mol. The quantitative estimate of drug-likeness (QED) is 0.732. The lowest BCUT2D eigenvalue weighted by Crippen LogP contribution is -2.37. The average Bonchev–Trinajstić information content (AvgIpc) is 2.63. The van der Waals surface area contributed by atoms with E-state index >= 15 is 0 Å². The highest BCUT2D eigenvalue weighted by Crippen LogP contribution is 2.33. The van der Waals surface area contributed by atoms with Crippen LogP contribution in [0.2, 0.25) is 5.02 Å². The first-order valence-electron chi connectivity index (χ1n) is 8.75. The lowest BCUT2D eigenvalue weighted by Gasteiger charge is -2.31. The molecule has 0 aliphatic carbocycles. The SMILES string of the molecule is CCCS(=O)(=O)N1CCCc2ccc(NS(=O)(=O)c3ccc(F)c(Cl)c3)cc21. The van der Waals surface area contributed by atoms with E-state index in [1.54, 1.807) is 19.1 Å². The van der Waals surface area contributed by atoms with Gasteiger partial charge >= 0.3 is 0 Å². The number of halogens is 2. The molecule has 0 aromatic heterocycles. The van der Waals surface area contributed by atoms with Crippen molar-refractivity contribution in [3.63, 3.8) is 0 Å². The number of nitrogens with one attached hydrogen (secondary N) is 1. The van der Waals surface area contributed by atoms with Crippen LogP contribution in [0.5, 0.6) is 0 Å². The lowest BCUT2D eigenvalue weighted by molar-refractivity contribution is 0.585. The van der Waals surface area contributed by atoms with E-state index in [1.807, 2.05) is 0 Å². The highest BCUT2D eigenvalue weighted by molar-refractivity contribution is 7.93. The van der Waals surface area contributed by atoms with Gasteiger partial charge in [0, 0.05) is 6.54 Å². The van der Waals surface area contributed by atoms with E-state index in [2.05, 4.69) is 4.72 Å². The van der Waals surface area contributed by atoms with E-state index in [1.165, 1.54) is 10.4 Å². The number of rotatable bonds is 6. The molecule has 28 heavy (non-hydrogen) atoms. The van der Waals surface area contributed by atoms with Crippen LogP contribution < -0.4 is 9.03 Å². The molecule has 2 aromatic carbocycles. The van der Waals surface area contributed by atoms with Crippen molar-refractivity contribution in [1.82, 2.24) is 0 Å². The third kappa shape index (κ3) is 4.26. The monoisotopic (exact) mass is 446 g/mol. The van der Waals surface area contributed by atoms with Gasteiger partial charge in [-0.3, -0.25) is 9.03 Å². The molecule has 152 valence electrons. The summed E-state index contributed by atoms with van der Waals surface area (Å²) < 4.78 is 67.4. The number of hydrogen-bond donors (Lipinski definition) is 1. The zero-order valence-electron chi connectivity index (χ0n) is 15.2. The molecule has 0 amide bonds. The van der Waals surface area contributed by atoms with Crippen LogP contribution in [0.1, 0.15) is 25.3 Å². The third-order valence-corrected chi connectivity index (χ3v) is 8.06. The summed E-state index contributed by atoms with van der Waals surface area (Å²) in [5, 5.41) is -0.301. The smallest absolute Gasteiger partial charge is 0.261 e. The second-order valence-electron chi connectivity index (χ2n) is 6.52. The molecule has 0 spiro atoms. The van der Waals surface area contributed by atoms with Crippen molar-refractivity contribution < 1.29 is 21.2 Å². The first kappa shape index (κ1) is 20.9. The molecule has 6 nitrogen and oxygen atoms in total. The molecule has 2 aromatic rings. The molecule has 3 rings (SSSR count). The molecule has 0 saturated heterocycles. The van der Waals surface area contributed by atoms with Crippen molar-refractivity contribution in [2.75, 3.05) is 21.3 Å². The molecule has 0 saturated carbocycles. The van der Waals surface area contributed by atoms with Gasteiger partial charge in [0.15, 0.2) is 0 Å². The zero-order chi connectivity index (χ0) is 20.5. The van der Waals surface area contributed by atoms with Crippen LogP contribution in [0.15, 0.2) is 41.3 Å². The van der Waals surface area contributed by atoms with Crippen LogP contribution in [0.25, 0.3) is 0 Å². The van der Waals surface area contributed by atoms with Crippen LogP contribution in [-0.2, 0) is 26.5 Å². The van der Waals surface area contributed by atoms with Gasteiger partial charge in [0.25, 0.3) is 10.0 Å². The van der Waals surface area contributed by atoms with Gasteiger partial charge in [0.05, 0.1) is 27.0 Å². The normalized spacial score (nSPS) is 14.6. The van der Waals surface area contributed by atoms with Crippen molar-refractivity contribution in [2.24, 2.45) is 0 Å². The molecule has 1 aliphatic rings. The van der Waals surface area contributed by atoms with Crippen molar-refractivity contribution in [3.05, 3.63) is 52.8 Å². The van der Waals surface area contributed by atoms with Crippen LogP contribution >= 0.6 is 11.6 Å². The van der Waals surface area contributed by atoms with E-state index in [0.29, 0.717) is 31.5 Å². The molecule has 1 N–H and O–H groups in total. The standard InChI is InChI=1S/C18H20ClFN2O4S2/c1-2-10-27(23,24)22-9-3-4-13-5-6-14(11-18(13)22)21-28(25,26)15-7-8-17(20)16(19)12-15/h5-8,11-12,21H,2-4,9-10H2,1H3. The summed E-state index contributed by atoms with van der Waals surface area (Å²) in [6, 6.07) is 7.93. The van der Waals surface area contributed by atoms with Gasteiger partial charge in [-0.15, -0.1) is 0 Å². The maximum Gasteiger partial charge on any atom is 0.261 e. The third-order valence-electron chi connectivity index (χ3n) is 4.41. The first-order valence-corrected chi connectivity index (χ1v) is 12.2. The summed E-state index contributed by atoms with van der Waals surface area (Å²) >= 11 is 5.68. The predicted octanol–water partition coefficient (Wildman–Crippen LogP) is 3.77. The van der Waals surface area contributed by atoms with Crippen molar-refractivity contribution in [2.45, 2.75) is 31.1 Å². The Balaban J connectivity index is 1.95. The summed E-state index contributed by atoms with van der Waals surface area (Å²) in [5.74, 6) is -0.692. The zero-order valence-corrected chi connectivity index (χ0v) is 17.5. The number of aryl methyl sites for hydroxylation is 1. The van der Waals surface area contributed by atoms with E-state index in [0.717, 1.165) is 23.8 Å². The molecule has 0 unspecified atom stereocenters. The molecule has 0 fully saturated rings. The second kappa shape index (κ2) is 7.88. The van der Waals surface area contributed by atoms with Crippen molar-refractivity contribution in [3.8, 4) is 0 Å². The highest BCUT2D eigenvalue weighted by Gasteiger charge is 2.27.